The minimum Gasteiger partial charge on any atom is -0.384 e. The van der Waals surface area contributed by atoms with Gasteiger partial charge in [-0.3, -0.25) is 9.69 Å². The lowest BCUT2D eigenvalue weighted by Gasteiger charge is -2.36. The molecular weight excluding hydrogens is 295 g/mol. The number of amides is 1. The number of likely N-dealkylation sites (tertiary alicyclic amines) is 1. The fourth-order valence-corrected chi connectivity index (χ4v) is 3.99. The Morgan fingerprint density at radius 2 is 2.00 bits per heavy atom. The first-order valence-corrected chi connectivity index (χ1v) is 8.41. The van der Waals surface area contributed by atoms with Crippen LogP contribution in [-0.2, 0) is 16.1 Å². The highest BCUT2D eigenvalue weighted by molar-refractivity contribution is 5.79. The Morgan fingerprint density at radius 1 is 1.26 bits per heavy atom. The third kappa shape index (κ3) is 3.90. The first-order valence-electron chi connectivity index (χ1n) is 8.41. The first kappa shape index (κ1) is 16.4. The Balaban J connectivity index is 1.65. The largest absolute Gasteiger partial charge is 0.384 e. The van der Waals surface area contributed by atoms with Crippen molar-refractivity contribution in [3.63, 3.8) is 0 Å². The maximum Gasteiger partial charge on any atom is 0.223 e. The topological polar surface area (TPSA) is 41.6 Å². The number of rotatable bonds is 4. The van der Waals surface area contributed by atoms with Crippen LogP contribution in [0.3, 0.4) is 0 Å². The number of methoxy groups -OCH3 is 1. The zero-order valence-electron chi connectivity index (χ0n) is 13.6. The second-order valence-corrected chi connectivity index (χ2v) is 6.71. The summed E-state index contributed by atoms with van der Waals surface area (Å²) in [4.78, 5) is 14.6. The number of hydrogen-bond acceptors (Lipinski definition) is 3. The number of fused-ring (bicyclic) bond motifs is 1. The van der Waals surface area contributed by atoms with Gasteiger partial charge in [0, 0.05) is 32.0 Å². The predicted octanol–water partition coefficient (Wildman–Crippen LogP) is 2.05. The highest BCUT2D eigenvalue weighted by Gasteiger charge is 2.39. The smallest absolute Gasteiger partial charge is 0.223 e. The van der Waals surface area contributed by atoms with E-state index >= 15 is 0 Å². The molecule has 2 saturated heterocycles. The van der Waals surface area contributed by atoms with Crippen molar-refractivity contribution >= 4 is 5.91 Å². The summed E-state index contributed by atoms with van der Waals surface area (Å²) >= 11 is 0. The van der Waals surface area contributed by atoms with Crippen LogP contribution in [0.1, 0.15) is 18.4 Å². The van der Waals surface area contributed by atoms with Crippen LogP contribution in [0, 0.1) is 23.6 Å². The molecule has 0 aromatic heterocycles. The van der Waals surface area contributed by atoms with E-state index in [9.17, 15) is 9.18 Å². The summed E-state index contributed by atoms with van der Waals surface area (Å²) in [7, 11) is 1.73. The van der Waals surface area contributed by atoms with Gasteiger partial charge in [0.2, 0.25) is 5.91 Å². The van der Waals surface area contributed by atoms with Gasteiger partial charge in [-0.2, -0.15) is 0 Å². The summed E-state index contributed by atoms with van der Waals surface area (Å²) in [5.74, 6) is 0.915. The molecule has 126 valence electrons. The number of benzene rings is 1. The zero-order valence-corrected chi connectivity index (χ0v) is 13.6. The molecular formula is C18H25FN2O2. The van der Waals surface area contributed by atoms with Crippen molar-refractivity contribution in [2.75, 3.05) is 33.4 Å². The summed E-state index contributed by atoms with van der Waals surface area (Å²) in [5.41, 5.74) is 1.12. The summed E-state index contributed by atoms with van der Waals surface area (Å²) in [5, 5.41) is 3.04. The van der Waals surface area contributed by atoms with Gasteiger partial charge >= 0.3 is 0 Å². The van der Waals surface area contributed by atoms with Crippen molar-refractivity contribution in [2.24, 2.45) is 17.8 Å². The van der Waals surface area contributed by atoms with Crippen molar-refractivity contribution in [1.29, 1.82) is 0 Å². The van der Waals surface area contributed by atoms with Crippen molar-refractivity contribution in [1.82, 2.24) is 10.2 Å². The standard InChI is InChI=1S/C18H25FN2O2/c1-23-12-14-10-20-18(22)17-7-9-21(8-6-16(14)17)11-13-2-4-15(19)5-3-13/h2-5,14,16-17H,6-12H2,1H3,(H,20,22)/t14-,16-,17-/m0/s1. The van der Waals surface area contributed by atoms with Gasteiger partial charge in [0.05, 0.1) is 6.61 Å². The van der Waals surface area contributed by atoms with Gasteiger partial charge in [0.15, 0.2) is 0 Å². The van der Waals surface area contributed by atoms with Gasteiger partial charge in [-0.15, -0.1) is 0 Å². The lowest BCUT2D eigenvalue weighted by atomic mass is 9.75. The fourth-order valence-electron chi connectivity index (χ4n) is 3.99. The number of nitrogens with zero attached hydrogens (tertiary/aromatic N) is 1. The van der Waals surface area contributed by atoms with Crippen molar-refractivity contribution in [3.05, 3.63) is 35.6 Å². The number of hydrogen-bond donors (Lipinski definition) is 1. The molecule has 0 spiro atoms. The molecule has 2 fully saturated rings. The number of carbonyl (C=O) groups is 1. The molecule has 1 aromatic rings. The summed E-state index contributed by atoms with van der Waals surface area (Å²) in [6, 6.07) is 6.70. The van der Waals surface area contributed by atoms with Gasteiger partial charge in [0.25, 0.3) is 0 Å². The Morgan fingerprint density at radius 3 is 2.74 bits per heavy atom. The van der Waals surface area contributed by atoms with Crippen LogP contribution in [0.2, 0.25) is 0 Å². The number of carbonyl (C=O) groups excluding carboxylic acids is 1. The minimum atomic E-state index is -0.199. The Kier molecular flexibility index (Phi) is 5.28. The van der Waals surface area contributed by atoms with Crippen molar-refractivity contribution < 1.29 is 13.9 Å². The van der Waals surface area contributed by atoms with Crippen LogP contribution in [0.5, 0.6) is 0 Å². The Bertz CT molecular complexity index is 534. The normalized spacial score (nSPS) is 28.8. The molecule has 3 rings (SSSR count). The molecule has 4 nitrogen and oxygen atoms in total. The van der Waals surface area contributed by atoms with Crippen molar-refractivity contribution in [2.45, 2.75) is 19.4 Å². The molecule has 23 heavy (non-hydrogen) atoms. The van der Waals surface area contributed by atoms with Crippen LogP contribution in [0.15, 0.2) is 24.3 Å². The number of nitrogens with one attached hydrogen (secondary N) is 1. The molecule has 0 saturated carbocycles. The molecule has 2 heterocycles. The maximum absolute atomic E-state index is 13.0. The molecule has 3 atom stereocenters. The van der Waals surface area contributed by atoms with Gasteiger partial charge in [-0.1, -0.05) is 12.1 Å². The molecule has 1 amide bonds. The molecule has 1 N–H and O–H groups in total. The van der Waals surface area contributed by atoms with E-state index in [0.29, 0.717) is 18.4 Å². The van der Waals surface area contributed by atoms with Gasteiger partial charge in [-0.25, -0.2) is 4.39 Å². The summed E-state index contributed by atoms with van der Waals surface area (Å²) < 4.78 is 18.4. The third-order valence-corrected chi connectivity index (χ3v) is 5.23. The van der Waals surface area contributed by atoms with E-state index in [2.05, 4.69) is 10.2 Å². The zero-order chi connectivity index (χ0) is 16.2. The van der Waals surface area contributed by atoms with Crippen LogP contribution >= 0.6 is 0 Å². The van der Waals surface area contributed by atoms with E-state index in [0.717, 1.165) is 44.6 Å². The molecule has 0 unspecified atom stereocenters. The summed E-state index contributed by atoms with van der Waals surface area (Å²) in [6.07, 6.45) is 1.91. The lowest BCUT2D eigenvalue weighted by molar-refractivity contribution is -0.131. The highest BCUT2D eigenvalue weighted by Crippen LogP contribution is 2.34. The highest BCUT2D eigenvalue weighted by atomic mass is 19.1. The molecule has 0 aliphatic carbocycles. The average molecular weight is 320 g/mol. The predicted molar refractivity (Wildman–Crippen MR) is 86.3 cm³/mol. The van der Waals surface area contributed by atoms with E-state index in [1.54, 1.807) is 7.11 Å². The molecule has 0 radical (unpaired) electrons. The average Bonchev–Trinajstić information content (AvgIpc) is 2.76. The van der Waals surface area contributed by atoms with Crippen LogP contribution < -0.4 is 5.32 Å². The van der Waals surface area contributed by atoms with Crippen LogP contribution in [-0.4, -0.2) is 44.2 Å². The maximum atomic E-state index is 13.0. The van der Waals surface area contributed by atoms with E-state index in [4.69, 9.17) is 4.74 Å². The fraction of sp³-hybridized carbons (Fsp3) is 0.611. The van der Waals surface area contributed by atoms with Crippen molar-refractivity contribution in [3.8, 4) is 0 Å². The van der Waals surface area contributed by atoms with Gasteiger partial charge in [0.1, 0.15) is 5.82 Å². The van der Waals surface area contributed by atoms with Gasteiger partial charge < -0.3 is 10.1 Å². The second-order valence-electron chi connectivity index (χ2n) is 6.71. The number of halogens is 1. The minimum absolute atomic E-state index is 0.0992. The monoisotopic (exact) mass is 320 g/mol. The van der Waals surface area contributed by atoms with E-state index < -0.39 is 0 Å². The van der Waals surface area contributed by atoms with E-state index in [1.807, 2.05) is 12.1 Å². The molecule has 0 bridgehead atoms. The molecule has 5 heteroatoms. The second kappa shape index (κ2) is 7.41. The molecule has 2 aliphatic rings. The number of ether oxygens (including phenoxy) is 1. The van der Waals surface area contributed by atoms with E-state index in [1.165, 1.54) is 12.1 Å². The quantitative estimate of drug-likeness (QED) is 0.923. The van der Waals surface area contributed by atoms with Crippen LogP contribution in [0.25, 0.3) is 0 Å². The molecule has 1 aromatic carbocycles. The Labute approximate surface area is 137 Å². The summed E-state index contributed by atoms with van der Waals surface area (Å²) in [6.45, 7) is 4.14. The van der Waals surface area contributed by atoms with Crippen LogP contribution in [0.4, 0.5) is 4.39 Å². The third-order valence-electron chi connectivity index (χ3n) is 5.23. The lowest BCUT2D eigenvalue weighted by Crippen LogP contribution is -2.49. The molecule has 2 aliphatic heterocycles. The van der Waals surface area contributed by atoms with E-state index in [-0.39, 0.29) is 17.6 Å². The van der Waals surface area contributed by atoms with Gasteiger partial charge in [-0.05, 0) is 49.5 Å². The first-order chi connectivity index (χ1) is 11.2. The Hall–Kier alpha value is -1.46. The SMILES string of the molecule is COC[C@@H]1CNC(=O)[C@H]2CCN(Cc3ccc(F)cc3)CC[C@@H]12. The number of piperidine rings is 1.